The fraction of sp³-hybridized carbons (Fsp3) is 0.316. The molecule has 5 nitrogen and oxygen atoms in total. The fourth-order valence-electron chi connectivity index (χ4n) is 2.87. The molecule has 1 saturated carbocycles. The molecular weight excluding hydrogens is 300 g/mol. The van der Waals surface area contributed by atoms with Crippen molar-refractivity contribution in [2.75, 3.05) is 5.32 Å². The number of aromatic nitrogens is 3. The van der Waals surface area contributed by atoms with Crippen molar-refractivity contribution in [3.8, 4) is 11.3 Å². The first-order valence-electron chi connectivity index (χ1n) is 8.50. The number of anilines is 1. The summed E-state index contributed by atoms with van der Waals surface area (Å²) in [5, 5.41) is 7.29. The Bertz CT molecular complexity index is 878. The van der Waals surface area contributed by atoms with Gasteiger partial charge in [-0.2, -0.15) is 4.98 Å². The molecule has 0 saturated heterocycles. The van der Waals surface area contributed by atoms with Crippen molar-refractivity contribution < 1.29 is 4.79 Å². The van der Waals surface area contributed by atoms with Crippen LogP contribution in [0.25, 0.3) is 16.9 Å². The summed E-state index contributed by atoms with van der Waals surface area (Å²) in [5.74, 6) is 0.542. The van der Waals surface area contributed by atoms with Gasteiger partial charge in [-0.25, -0.2) is 4.52 Å². The molecule has 1 aliphatic rings. The molecule has 1 aromatic carbocycles. The Morgan fingerprint density at radius 2 is 2.00 bits per heavy atom. The molecule has 1 N–H and O–H groups in total. The van der Waals surface area contributed by atoms with Crippen LogP contribution in [-0.2, 0) is 11.2 Å². The van der Waals surface area contributed by atoms with E-state index in [1.54, 1.807) is 4.52 Å². The number of aryl methyl sites for hydroxylation is 1. The number of nitrogens with zero attached hydrogens (tertiary/aromatic N) is 3. The van der Waals surface area contributed by atoms with Crippen LogP contribution < -0.4 is 5.32 Å². The standard InChI is InChI=1S/C19H20N4O/c1-2-4-13-7-9-14(10-8-13)16-5-3-6-17-20-19(22-23(16)17)21-18(24)15-11-12-15/h3,5-10,15H,2,4,11-12H2,1H3,(H,21,22,24). The zero-order valence-electron chi connectivity index (χ0n) is 13.7. The highest BCUT2D eigenvalue weighted by Gasteiger charge is 2.30. The smallest absolute Gasteiger partial charge is 0.249 e. The molecule has 0 spiro atoms. The van der Waals surface area contributed by atoms with E-state index in [1.807, 2.05) is 18.2 Å². The molecule has 4 rings (SSSR count). The highest BCUT2D eigenvalue weighted by molar-refractivity contribution is 5.92. The number of rotatable bonds is 5. The molecule has 5 heteroatoms. The van der Waals surface area contributed by atoms with Gasteiger partial charge < -0.3 is 0 Å². The number of fused-ring (bicyclic) bond motifs is 1. The van der Waals surface area contributed by atoms with Crippen LogP contribution in [0.15, 0.2) is 42.5 Å². The van der Waals surface area contributed by atoms with Gasteiger partial charge in [0.15, 0.2) is 5.65 Å². The van der Waals surface area contributed by atoms with E-state index in [0.717, 1.165) is 42.6 Å². The SMILES string of the molecule is CCCc1ccc(-c2cccc3nc(NC(=O)C4CC4)nn23)cc1. The Morgan fingerprint density at radius 3 is 2.71 bits per heavy atom. The van der Waals surface area contributed by atoms with Crippen molar-refractivity contribution >= 4 is 17.5 Å². The third kappa shape index (κ3) is 2.89. The number of benzene rings is 1. The molecule has 0 atom stereocenters. The van der Waals surface area contributed by atoms with Crippen LogP contribution in [0.4, 0.5) is 5.95 Å². The molecular formula is C19H20N4O. The predicted molar refractivity (Wildman–Crippen MR) is 93.8 cm³/mol. The number of pyridine rings is 1. The van der Waals surface area contributed by atoms with Crippen molar-refractivity contribution in [3.63, 3.8) is 0 Å². The van der Waals surface area contributed by atoms with Gasteiger partial charge in [0, 0.05) is 11.5 Å². The maximum atomic E-state index is 11.9. The molecule has 3 aromatic rings. The van der Waals surface area contributed by atoms with Crippen LogP contribution in [0.5, 0.6) is 0 Å². The highest BCUT2D eigenvalue weighted by atomic mass is 16.2. The summed E-state index contributed by atoms with van der Waals surface area (Å²) in [6.45, 7) is 2.18. The maximum absolute atomic E-state index is 11.9. The monoisotopic (exact) mass is 320 g/mol. The van der Waals surface area contributed by atoms with E-state index in [0.29, 0.717) is 5.95 Å². The Balaban J connectivity index is 1.67. The Labute approximate surface area is 140 Å². The number of carbonyl (C=O) groups excluding carboxylic acids is 1. The summed E-state index contributed by atoms with van der Waals surface area (Å²) in [5.41, 5.74) is 4.13. The lowest BCUT2D eigenvalue weighted by Gasteiger charge is -2.05. The lowest BCUT2D eigenvalue weighted by Crippen LogP contribution is -2.14. The van der Waals surface area contributed by atoms with Crippen LogP contribution in [0, 0.1) is 5.92 Å². The summed E-state index contributed by atoms with van der Waals surface area (Å²) in [7, 11) is 0. The molecule has 1 fully saturated rings. The first-order valence-corrected chi connectivity index (χ1v) is 8.50. The zero-order chi connectivity index (χ0) is 16.5. The van der Waals surface area contributed by atoms with Crippen LogP contribution in [0.1, 0.15) is 31.7 Å². The van der Waals surface area contributed by atoms with Crippen molar-refractivity contribution in [2.24, 2.45) is 5.92 Å². The van der Waals surface area contributed by atoms with E-state index in [-0.39, 0.29) is 11.8 Å². The summed E-state index contributed by atoms with van der Waals surface area (Å²) in [4.78, 5) is 16.3. The summed E-state index contributed by atoms with van der Waals surface area (Å²) in [6, 6.07) is 14.4. The summed E-state index contributed by atoms with van der Waals surface area (Å²) < 4.78 is 1.79. The third-order valence-electron chi connectivity index (χ3n) is 4.33. The Kier molecular flexibility index (Phi) is 3.76. The van der Waals surface area contributed by atoms with Gasteiger partial charge in [-0.15, -0.1) is 5.10 Å². The van der Waals surface area contributed by atoms with Gasteiger partial charge in [0.25, 0.3) is 0 Å². The summed E-state index contributed by atoms with van der Waals surface area (Å²) >= 11 is 0. The van der Waals surface area contributed by atoms with Gasteiger partial charge >= 0.3 is 0 Å². The van der Waals surface area contributed by atoms with E-state index < -0.39 is 0 Å². The molecule has 2 aromatic heterocycles. The zero-order valence-corrected chi connectivity index (χ0v) is 13.7. The number of amides is 1. The van der Waals surface area contributed by atoms with Crippen molar-refractivity contribution in [3.05, 3.63) is 48.0 Å². The van der Waals surface area contributed by atoms with Crippen LogP contribution in [-0.4, -0.2) is 20.5 Å². The normalized spacial score (nSPS) is 14.0. The number of hydrogen-bond acceptors (Lipinski definition) is 3. The largest absolute Gasteiger partial charge is 0.293 e. The molecule has 0 aliphatic heterocycles. The molecule has 1 amide bonds. The molecule has 1 aliphatic carbocycles. The number of carbonyl (C=O) groups is 1. The molecule has 2 heterocycles. The first kappa shape index (κ1) is 14.9. The van der Waals surface area contributed by atoms with Gasteiger partial charge in [-0.1, -0.05) is 43.7 Å². The lowest BCUT2D eigenvalue weighted by molar-refractivity contribution is -0.117. The number of nitrogens with one attached hydrogen (secondary N) is 1. The van der Waals surface area contributed by atoms with Gasteiger partial charge in [-0.3, -0.25) is 10.1 Å². The van der Waals surface area contributed by atoms with Crippen LogP contribution in [0.3, 0.4) is 0 Å². The van der Waals surface area contributed by atoms with Crippen molar-refractivity contribution in [1.29, 1.82) is 0 Å². The lowest BCUT2D eigenvalue weighted by atomic mass is 10.1. The van der Waals surface area contributed by atoms with Crippen LogP contribution >= 0.6 is 0 Å². The maximum Gasteiger partial charge on any atom is 0.249 e. The highest BCUT2D eigenvalue weighted by Crippen LogP contribution is 2.30. The molecule has 122 valence electrons. The molecule has 24 heavy (non-hydrogen) atoms. The van der Waals surface area contributed by atoms with E-state index >= 15 is 0 Å². The summed E-state index contributed by atoms with van der Waals surface area (Å²) in [6.07, 6.45) is 4.16. The van der Waals surface area contributed by atoms with Gasteiger partial charge in [0.2, 0.25) is 11.9 Å². The second-order valence-electron chi connectivity index (χ2n) is 6.33. The molecule has 0 bridgehead atoms. The minimum absolute atomic E-state index is 0.0244. The minimum atomic E-state index is 0.0244. The van der Waals surface area contributed by atoms with E-state index in [2.05, 4.69) is 46.6 Å². The van der Waals surface area contributed by atoms with Gasteiger partial charge in [-0.05, 0) is 37.0 Å². The second-order valence-corrected chi connectivity index (χ2v) is 6.33. The van der Waals surface area contributed by atoms with Crippen LogP contribution in [0.2, 0.25) is 0 Å². The molecule has 0 unspecified atom stereocenters. The van der Waals surface area contributed by atoms with Crippen molar-refractivity contribution in [2.45, 2.75) is 32.6 Å². The number of hydrogen-bond donors (Lipinski definition) is 1. The van der Waals surface area contributed by atoms with Crippen molar-refractivity contribution in [1.82, 2.24) is 14.6 Å². The Hall–Kier alpha value is -2.69. The predicted octanol–water partition coefficient (Wildman–Crippen LogP) is 3.70. The van der Waals surface area contributed by atoms with Gasteiger partial charge in [0.05, 0.1) is 5.69 Å². The Morgan fingerprint density at radius 1 is 1.21 bits per heavy atom. The minimum Gasteiger partial charge on any atom is -0.293 e. The average molecular weight is 320 g/mol. The quantitative estimate of drug-likeness (QED) is 0.780. The average Bonchev–Trinajstić information content (AvgIpc) is 3.36. The fourth-order valence-corrected chi connectivity index (χ4v) is 2.87. The van der Waals surface area contributed by atoms with Gasteiger partial charge in [0.1, 0.15) is 0 Å². The third-order valence-corrected chi connectivity index (χ3v) is 4.33. The van der Waals surface area contributed by atoms with E-state index in [4.69, 9.17) is 0 Å². The van der Waals surface area contributed by atoms with E-state index in [9.17, 15) is 4.79 Å². The second kappa shape index (κ2) is 6.07. The van der Waals surface area contributed by atoms with E-state index in [1.165, 1.54) is 5.56 Å². The topological polar surface area (TPSA) is 59.3 Å². The first-order chi connectivity index (χ1) is 11.7. The molecule has 0 radical (unpaired) electrons.